The van der Waals surface area contributed by atoms with Gasteiger partial charge >= 0.3 is 5.63 Å². The molecule has 3 heterocycles. The van der Waals surface area contributed by atoms with Crippen molar-refractivity contribution in [3.8, 4) is 11.5 Å². The second kappa shape index (κ2) is 9.31. The molecule has 1 spiro atoms. The summed E-state index contributed by atoms with van der Waals surface area (Å²) in [5, 5.41) is 2.89. The highest BCUT2D eigenvalue weighted by molar-refractivity contribution is 6.88. The maximum absolute atomic E-state index is 12.6. The molecule has 0 atom stereocenters. The molecule has 0 saturated carbocycles. The van der Waals surface area contributed by atoms with Crippen molar-refractivity contribution in [2.75, 3.05) is 4.90 Å². The average Bonchev–Trinajstić information content (AvgIpc) is 3.02. The molecular formula is C39H33NO3Si. The van der Waals surface area contributed by atoms with Gasteiger partial charge in [0.25, 0.3) is 0 Å². The average molecular weight is 592 g/mol. The summed E-state index contributed by atoms with van der Waals surface area (Å²) >= 11 is 0. The van der Waals surface area contributed by atoms with Crippen molar-refractivity contribution in [3.05, 3.63) is 153 Å². The smallest absolute Gasteiger partial charge is 0.343 e. The van der Waals surface area contributed by atoms with E-state index in [-0.39, 0.29) is 5.63 Å². The SMILES string of the molecule is Cc1ccc2c(c1)C1(c3ccccc3Oc3ccccc31)c1cc([Si](C)(C)C)ccc1N2c1ccc2c(=O)occ(C)c2c1. The highest BCUT2D eigenvalue weighted by Gasteiger charge is 2.51. The number of rotatable bonds is 2. The molecule has 8 rings (SSSR count). The van der Waals surface area contributed by atoms with Crippen molar-refractivity contribution < 1.29 is 9.15 Å². The Morgan fingerprint density at radius 1 is 0.659 bits per heavy atom. The molecule has 0 radical (unpaired) electrons. The number of fused-ring (bicyclic) bond motifs is 9. The summed E-state index contributed by atoms with van der Waals surface area (Å²) in [6, 6.07) is 37.0. The molecule has 216 valence electrons. The monoisotopic (exact) mass is 591 g/mol. The summed E-state index contributed by atoms with van der Waals surface area (Å²) in [6.45, 7) is 11.4. The van der Waals surface area contributed by atoms with Crippen molar-refractivity contribution in [2.45, 2.75) is 38.9 Å². The van der Waals surface area contributed by atoms with Crippen molar-refractivity contribution in [1.29, 1.82) is 0 Å². The van der Waals surface area contributed by atoms with Gasteiger partial charge in [0.15, 0.2) is 0 Å². The maximum Gasteiger partial charge on any atom is 0.343 e. The Hall–Kier alpha value is -4.87. The molecule has 2 aliphatic heterocycles. The fraction of sp³-hybridized carbons (Fsp3) is 0.154. The molecule has 5 aromatic carbocycles. The van der Waals surface area contributed by atoms with Crippen LogP contribution in [-0.2, 0) is 5.41 Å². The number of ether oxygens (including phenoxy) is 1. The van der Waals surface area contributed by atoms with Gasteiger partial charge in [-0.2, -0.15) is 0 Å². The predicted molar refractivity (Wildman–Crippen MR) is 182 cm³/mol. The first-order chi connectivity index (χ1) is 21.2. The first-order valence-electron chi connectivity index (χ1n) is 15.1. The van der Waals surface area contributed by atoms with Gasteiger partial charge in [0.1, 0.15) is 11.5 Å². The largest absolute Gasteiger partial charge is 0.457 e. The quantitative estimate of drug-likeness (QED) is 0.188. The summed E-state index contributed by atoms with van der Waals surface area (Å²) in [5.41, 5.74) is 9.18. The van der Waals surface area contributed by atoms with Crippen LogP contribution in [0, 0.1) is 13.8 Å². The third-order valence-corrected chi connectivity index (χ3v) is 11.4. The van der Waals surface area contributed by atoms with Crippen LogP contribution in [0.25, 0.3) is 10.8 Å². The fourth-order valence-electron chi connectivity index (χ4n) is 7.22. The Balaban J connectivity index is 1.55. The molecule has 0 aliphatic carbocycles. The second-order valence-corrected chi connectivity index (χ2v) is 18.2. The number of nitrogens with zero attached hydrogens (tertiary/aromatic N) is 1. The van der Waals surface area contributed by atoms with Gasteiger partial charge in [-0.1, -0.05) is 91.1 Å². The van der Waals surface area contributed by atoms with Gasteiger partial charge in [0.2, 0.25) is 0 Å². The minimum absolute atomic E-state index is 0.318. The molecule has 44 heavy (non-hydrogen) atoms. The summed E-state index contributed by atoms with van der Waals surface area (Å²) in [4.78, 5) is 15.0. The Morgan fingerprint density at radius 3 is 1.98 bits per heavy atom. The highest BCUT2D eigenvalue weighted by atomic mass is 28.3. The molecule has 4 nitrogen and oxygen atoms in total. The molecular weight excluding hydrogens is 559 g/mol. The van der Waals surface area contributed by atoms with E-state index in [1.54, 1.807) is 6.26 Å². The Labute approximate surface area is 258 Å². The Kier molecular flexibility index (Phi) is 5.66. The molecule has 0 amide bonds. The fourth-order valence-corrected chi connectivity index (χ4v) is 8.38. The van der Waals surface area contributed by atoms with Crippen LogP contribution in [0.3, 0.4) is 0 Å². The van der Waals surface area contributed by atoms with Crippen molar-refractivity contribution >= 4 is 41.1 Å². The molecule has 0 unspecified atom stereocenters. The van der Waals surface area contributed by atoms with E-state index in [4.69, 9.17) is 9.15 Å². The molecule has 2 aliphatic rings. The lowest BCUT2D eigenvalue weighted by Gasteiger charge is -2.49. The van der Waals surface area contributed by atoms with Gasteiger partial charge < -0.3 is 14.1 Å². The number of para-hydroxylation sites is 2. The molecule has 6 aromatic rings. The zero-order valence-corrected chi connectivity index (χ0v) is 26.6. The van der Waals surface area contributed by atoms with E-state index >= 15 is 0 Å². The van der Waals surface area contributed by atoms with Crippen molar-refractivity contribution in [3.63, 3.8) is 0 Å². The first kappa shape index (κ1) is 26.7. The van der Waals surface area contributed by atoms with Crippen molar-refractivity contribution in [1.82, 2.24) is 0 Å². The van der Waals surface area contributed by atoms with Crippen LogP contribution >= 0.6 is 0 Å². The van der Waals surface area contributed by atoms with Gasteiger partial charge in [-0.15, -0.1) is 0 Å². The zero-order chi connectivity index (χ0) is 30.4. The van der Waals surface area contributed by atoms with Crippen molar-refractivity contribution in [2.24, 2.45) is 0 Å². The van der Waals surface area contributed by atoms with Crippen LogP contribution in [0.15, 0.2) is 119 Å². The van der Waals surface area contributed by atoms with Crippen LogP contribution in [0.4, 0.5) is 17.1 Å². The highest BCUT2D eigenvalue weighted by Crippen LogP contribution is 2.62. The minimum atomic E-state index is -1.70. The standard InChI is InChI=1S/C39H33NO3Si/c1-24-14-18-34-32(20-24)39(30-10-6-8-12-36(30)43-37-13-9-7-11-31(37)39)33-22-27(44(3,4)5)16-19-35(33)40(34)26-15-17-28-29(21-26)25(2)23-42-38(28)41/h6-23H,1-5H3. The van der Waals surface area contributed by atoms with Gasteiger partial charge in [-0.3, -0.25) is 0 Å². The lowest BCUT2D eigenvalue weighted by Crippen LogP contribution is -2.43. The Bertz CT molecular complexity index is 2160. The topological polar surface area (TPSA) is 42.7 Å². The van der Waals surface area contributed by atoms with Crippen LogP contribution in [0.1, 0.15) is 33.4 Å². The lowest BCUT2D eigenvalue weighted by atomic mass is 9.61. The predicted octanol–water partition coefficient (Wildman–Crippen LogP) is 9.23. The second-order valence-electron chi connectivity index (χ2n) is 13.1. The molecule has 0 bridgehead atoms. The molecule has 5 heteroatoms. The van der Waals surface area contributed by atoms with Gasteiger partial charge in [-0.25, -0.2) is 4.79 Å². The number of anilines is 3. The number of aryl methyl sites for hydroxylation is 2. The Morgan fingerprint density at radius 2 is 1.30 bits per heavy atom. The zero-order valence-electron chi connectivity index (χ0n) is 25.6. The van der Waals surface area contributed by atoms with E-state index < -0.39 is 13.5 Å². The number of hydrogen-bond acceptors (Lipinski definition) is 4. The summed E-state index contributed by atoms with van der Waals surface area (Å²) in [5.74, 6) is 1.76. The van der Waals surface area contributed by atoms with Crippen LogP contribution in [0.5, 0.6) is 11.5 Å². The van der Waals surface area contributed by atoms with E-state index in [0.29, 0.717) is 5.39 Å². The summed E-state index contributed by atoms with van der Waals surface area (Å²) in [7, 11) is -1.70. The van der Waals surface area contributed by atoms with E-state index in [2.05, 4.69) is 122 Å². The lowest BCUT2D eigenvalue weighted by molar-refractivity contribution is 0.434. The van der Waals surface area contributed by atoms with Gasteiger partial charge in [0, 0.05) is 16.8 Å². The summed E-state index contributed by atoms with van der Waals surface area (Å²) in [6.07, 6.45) is 1.56. The van der Waals surface area contributed by atoms with E-state index in [9.17, 15) is 4.79 Å². The van der Waals surface area contributed by atoms with Gasteiger partial charge in [-0.05, 0) is 78.4 Å². The molecule has 0 saturated heterocycles. The minimum Gasteiger partial charge on any atom is -0.457 e. The van der Waals surface area contributed by atoms with E-state index in [1.165, 1.54) is 21.9 Å². The third-order valence-electron chi connectivity index (χ3n) is 9.36. The molecule has 0 N–H and O–H groups in total. The number of hydrogen-bond donors (Lipinski definition) is 0. The first-order valence-corrected chi connectivity index (χ1v) is 18.6. The number of benzene rings is 5. The molecule has 1 aromatic heterocycles. The van der Waals surface area contributed by atoms with Crippen LogP contribution < -0.4 is 20.4 Å². The van der Waals surface area contributed by atoms with Crippen LogP contribution in [-0.4, -0.2) is 8.07 Å². The summed E-state index contributed by atoms with van der Waals surface area (Å²) < 4.78 is 11.9. The maximum atomic E-state index is 12.6. The van der Waals surface area contributed by atoms with E-state index in [1.807, 2.05) is 19.1 Å². The third kappa shape index (κ3) is 3.66. The van der Waals surface area contributed by atoms with E-state index in [0.717, 1.165) is 50.6 Å². The normalized spacial score (nSPS) is 14.4. The van der Waals surface area contributed by atoms with Gasteiger partial charge in [0.05, 0.1) is 36.5 Å². The van der Waals surface area contributed by atoms with Crippen LogP contribution in [0.2, 0.25) is 19.6 Å². The molecule has 0 fully saturated rings.